The smallest absolute Gasteiger partial charge is 0.191 e. The highest BCUT2D eigenvalue weighted by atomic mass is 16.5. The summed E-state index contributed by atoms with van der Waals surface area (Å²) in [5.41, 5.74) is -0.124. The molecule has 0 aromatic rings. The summed E-state index contributed by atoms with van der Waals surface area (Å²) < 4.78 is 11.2. The van der Waals surface area contributed by atoms with Gasteiger partial charge in [-0.2, -0.15) is 0 Å². The lowest BCUT2D eigenvalue weighted by atomic mass is 9.85. The number of rotatable bonds is 7. The lowest BCUT2D eigenvalue weighted by Crippen LogP contribution is -2.52. The van der Waals surface area contributed by atoms with E-state index in [9.17, 15) is 0 Å². The number of aliphatic imine (C=N–C) groups is 1. The van der Waals surface area contributed by atoms with Crippen LogP contribution < -0.4 is 10.6 Å². The molecule has 0 aromatic heterocycles. The molecule has 0 radical (unpaired) electrons. The molecule has 1 atom stereocenters. The van der Waals surface area contributed by atoms with E-state index < -0.39 is 0 Å². The van der Waals surface area contributed by atoms with Crippen LogP contribution in [-0.4, -0.2) is 51.5 Å². The molecule has 2 fully saturated rings. The summed E-state index contributed by atoms with van der Waals surface area (Å²) in [5, 5.41) is 7.00. The first kappa shape index (κ1) is 19.5. The average Bonchev–Trinajstić information content (AvgIpc) is 2.65. The highest BCUT2D eigenvalue weighted by Gasteiger charge is 2.32. The van der Waals surface area contributed by atoms with Gasteiger partial charge in [0, 0.05) is 52.8 Å². The molecule has 1 aliphatic carbocycles. The molecule has 140 valence electrons. The Hall–Kier alpha value is -0.810. The van der Waals surface area contributed by atoms with Gasteiger partial charge in [0.05, 0.1) is 5.60 Å². The summed E-state index contributed by atoms with van der Waals surface area (Å²) in [7, 11) is 3.64. The van der Waals surface area contributed by atoms with Gasteiger partial charge in [-0.25, -0.2) is 0 Å². The number of nitrogens with one attached hydrogen (secondary N) is 2. The summed E-state index contributed by atoms with van der Waals surface area (Å²) in [5.74, 6) is 1.83. The third-order valence-electron chi connectivity index (χ3n) is 5.75. The van der Waals surface area contributed by atoms with Crippen LogP contribution in [0.2, 0.25) is 0 Å². The molecule has 0 amide bonds. The number of ether oxygens (including phenoxy) is 2. The molecule has 2 aliphatic rings. The summed E-state index contributed by atoms with van der Waals surface area (Å²) in [6, 6.07) is 0.450. The predicted octanol–water partition coefficient (Wildman–Crippen LogP) is 3.10. The van der Waals surface area contributed by atoms with E-state index in [0.717, 1.165) is 44.5 Å². The number of guanidine groups is 1. The van der Waals surface area contributed by atoms with Crippen molar-refractivity contribution < 1.29 is 9.47 Å². The molecule has 1 unspecified atom stereocenters. The monoisotopic (exact) mass is 339 g/mol. The SMILES string of the molecule is CN=C(NCC1(OC)CCOCC1)NC(C)CCC1CCCCC1. The maximum atomic E-state index is 5.78. The Morgan fingerprint density at radius 1 is 1.25 bits per heavy atom. The first-order chi connectivity index (χ1) is 11.7. The van der Waals surface area contributed by atoms with Crippen molar-refractivity contribution in [1.82, 2.24) is 10.6 Å². The molecule has 2 N–H and O–H groups in total. The first-order valence-electron chi connectivity index (χ1n) is 9.77. The molecule has 5 nitrogen and oxygen atoms in total. The van der Waals surface area contributed by atoms with Gasteiger partial charge in [-0.1, -0.05) is 32.1 Å². The standard InChI is InChI=1S/C19H37N3O2/c1-16(9-10-17-7-5-4-6-8-17)22-18(20-2)21-15-19(23-3)11-13-24-14-12-19/h16-17H,4-15H2,1-3H3,(H2,20,21,22). The van der Waals surface area contributed by atoms with Crippen LogP contribution in [0, 0.1) is 5.92 Å². The van der Waals surface area contributed by atoms with E-state index in [1.807, 2.05) is 7.05 Å². The number of methoxy groups -OCH3 is 1. The van der Waals surface area contributed by atoms with Crippen molar-refractivity contribution >= 4 is 5.96 Å². The molecule has 5 heteroatoms. The maximum Gasteiger partial charge on any atom is 0.191 e. The van der Waals surface area contributed by atoms with Gasteiger partial charge >= 0.3 is 0 Å². The largest absolute Gasteiger partial charge is 0.381 e. The normalized spacial score (nSPS) is 23.7. The van der Waals surface area contributed by atoms with Crippen LogP contribution in [0.3, 0.4) is 0 Å². The second kappa shape index (κ2) is 10.2. The average molecular weight is 340 g/mol. The lowest BCUT2D eigenvalue weighted by Gasteiger charge is -2.36. The van der Waals surface area contributed by atoms with Crippen molar-refractivity contribution in [2.45, 2.75) is 76.4 Å². The van der Waals surface area contributed by atoms with Gasteiger partial charge in [-0.3, -0.25) is 4.99 Å². The number of nitrogens with zero attached hydrogens (tertiary/aromatic N) is 1. The Kier molecular flexibility index (Phi) is 8.33. The predicted molar refractivity (Wildman–Crippen MR) is 99.6 cm³/mol. The van der Waals surface area contributed by atoms with E-state index in [0.29, 0.717) is 6.04 Å². The van der Waals surface area contributed by atoms with Crippen molar-refractivity contribution in [3.05, 3.63) is 0 Å². The second-order valence-electron chi connectivity index (χ2n) is 7.55. The summed E-state index contributed by atoms with van der Waals surface area (Å²) >= 11 is 0. The Balaban J connectivity index is 1.70. The zero-order chi connectivity index (χ0) is 17.3. The molecule has 0 aromatic carbocycles. The molecule has 0 spiro atoms. The van der Waals surface area contributed by atoms with E-state index in [2.05, 4.69) is 22.5 Å². The minimum atomic E-state index is -0.124. The Morgan fingerprint density at radius 3 is 2.58 bits per heavy atom. The Morgan fingerprint density at radius 2 is 1.96 bits per heavy atom. The van der Waals surface area contributed by atoms with Crippen LogP contribution in [0.5, 0.6) is 0 Å². The fourth-order valence-electron chi connectivity index (χ4n) is 3.90. The number of hydrogen-bond acceptors (Lipinski definition) is 3. The van der Waals surface area contributed by atoms with Gasteiger partial charge in [0.1, 0.15) is 0 Å². The first-order valence-corrected chi connectivity index (χ1v) is 9.77. The minimum absolute atomic E-state index is 0.124. The van der Waals surface area contributed by atoms with Gasteiger partial charge in [-0.15, -0.1) is 0 Å². The third-order valence-corrected chi connectivity index (χ3v) is 5.75. The quantitative estimate of drug-likeness (QED) is 0.553. The van der Waals surface area contributed by atoms with Crippen LogP contribution in [-0.2, 0) is 9.47 Å². The van der Waals surface area contributed by atoms with Gasteiger partial charge in [0.2, 0.25) is 0 Å². The van der Waals surface area contributed by atoms with Crippen molar-refractivity contribution in [1.29, 1.82) is 0 Å². The van der Waals surface area contributed by atoms with Crippen molar-refractivity contribution in [3.63, 3.8) is 0 Å². The van der Waals surface area contributed by atoms with Crippen molar-refractivity contribution in [2.24, 2.45) is 10.9 Å². The highest BCUT2D eigenvalue weighted by Crippen LogP contribution is 2.27. The molecule has 2 rings (SSSR count). The fourth-order valence-corrected chi connectivity index (χ4v) is 3.90. The van der Waals surface area contributed by atoms with Crippen LogP contribution >= 0.6 is 0 Å². The van der Waals surface area contributed by atoms with Gasteiger partial charge in [0.25, 0.3) is 0 Å². The maximum absolute atomic E-state index is 5.78. The van der Waals surface area contributed by atoms with E-state index in [1.165, 1.54) is 44.9 Å². The molecule has 0 bridgehead atoms. The topological polar surface area (TPSA) is 54.9 Å². The van der Waals surface area contributed by atoms with Crippen molar-refractivity contribution in [2.75, 3.05) is 33.9 Å². The van der Waals surface area contributed by atoms with Crippen LogP contribution in [0.25, 0.3) is 0 Å². The molecule has 1 aliphatic heterocycles. The van der Waals surface area contributed by atoms with E-state index in [4.69, 9.17) is 9.47 Å². The fraction of sp³-hybridized carbons (Fsp3) is 0.947. The van der Waals surface area contributed by atoms with Crippen LogP contribution in [0.4, 0.5) is 0 Å². The summed E-state index contributed by atoms with van der Waals surface area (Å²) in [6.07, 6.45) is 11.6. The van der Waals surface area contributed by atoms with Crippen LogP contribution in [0.1, 0.15) is 64.7 Å². The molecular weight excluding hydrogens is 302 g/mol. The Labute approximate surface area is 148 Å². The highest BCUT2D eigenvalue weighted by molar-refractivity contribution is 5.80. The number of hydrogen-bond donors (Lipinski definition) is 2. The third kappa shape index (κ3) is 6.25. The zero-order valence-electron chi connectivity index (χ0n) is 15.9. The van der Waals surface area contributed by atoms with Gasteiger partial charge in [-0.05, 0) is 25.7 Å². The molecule has 1 saturated heterocycles. The minimum Gasteiger partial charge on any atom is -0.381 e. The zero-order valence-corrected chi connectivity index (χ0v) is 15.9. The second-order valence-corrected chi connectivity index (χ2v) is 7.55. The van der Waals surface area contributed by atoms with Gasteiger partial charge < -0.3 is 20.1 Å². The van der Waals surface area contributed by atoms with Gasteiger partial charge in [0.15, 0.2) is 5.96 Å². The summed E-state index contributed by atoms with van der Waals surface area (Å²) in [6.45, 7) is 4.59. The van der Waals surface area contributed by atoms with E-state index >= 15 is 0 Å². The van der Waals surface area contributed by atoms with Crippen LogP contribution in [0.15, 0.2) is 4.99 Å². The van der Waals surface area contributed by atoms with E-state index in [-0.39, 0.29) is 5.60 Å². The lowest BCUT2D eigenvalue weighted by molar-refractivity contribution is -0.0855. The molecule has 24 heavy (non-hydrogen) atoms. The summed E-state index contributed by atoms with van der Waals surface area (Å²) in [4.78, 5) is 4.38. The molecular formula is C19H37N3O2. The molecule has 1 heterocycles. The van der Waals surface area contributed by atoms with E-state index in [1.54, 1.807) is 7.11 Å². The Bertz CT molecular complexity index is 375. The van der Waals surface area contributed by atoms with Crippen molar-refractivity contribution in [3.8, 4) is 0 Å². The molecule has 1 saturated carbocycles.